The van der Waals surface area contributed by atoms with Crippen LogP contribution in [0.2, 0.25) is 0 Å². The van der Waals surface area contributed by atoms with Crippen LogP contribution in [0.15, 0.2) is 66.1 Å². The number of rotatable bonds is 6. The Kier molecular flexibility index (Phi) is 5.58. The second-order valence-corrected chi connectivity index (χ2v) is 8.00. The fourth-order valence-corrected chi connectivity index (χ4v) is 4.38. The van der Waals surface area contributed by atoms with Gasteiger partial charge in [-0.15, -0.1) is 11.3 Å². The number of fused-ring (bicyclic) bond motifs is 3. The quantitative estimate of drug-likeness (QED) is 0.525. The first-order valence-electron chi connectivity index (χ1n) is 9.53. The molecule has 1 N–H and O–H groups in total. The molecule has 0 atom stereocenters. The van der Waals surface area contributed by atoms with Crippen LogP contribution < -0.4 is 5.32 Å². The number of benzene rings is 2. The first kappa shape index (κ1) is 18.5. The highest BCUT2D eigenvalue weighted by molar-refractivity contribution is 7.10. The van der Waals surface area contributed by atoms with E-state index in [1.165, 1.54) is 32.7 Å². The van der Waals surface area contributed by atoms with Gasteiger partial charge in [-0.3, -0.25) is 0 Å². The van der Waals surface area contributed by atoms with Crippen LogP contribution in [-0.4, -0.2) is 19.2 Å². The molecule has 2 aromatic carbocycles. The van der Waals surface area contributed by atoms with E-state index in [2.05, 4.69) is 72.2 Å². The van der Waals surface area contributed by atoms with Gasteiger partial charge in [0.1, 0.15) is 6.61 Å². The molecular weight excluding hydrogens is 366 g/mol. The molecule has 0 saturated carbocycles. The summed E-state index contributed by atoms with van der Waals surface area (Å²) in [6, 6.07) is 18.8. The molecule has 28 heavy (non-hydrogen) atoms. The summed E-state index contributed by atoms with van der Waals surface area (Å²) in [7, 11) is 0. The molecule has 4 heteroatoms. The van der Waals surface area contributed by atoms with Crippen molar-refractivity contribution in [1.29, 1.82) is 0 Å². The number of amides is 1. The van der Waals surface area contributed by atoms with E-state index in [0.29, 0.717) is 13.2 Å². The zero-order valence-electron chi connectivity index (χ0n) is 15.9. The van der Waals surface area contributed by atoms with Crippen molar-refractivity contribution in [2.75, 3.05) is 13.2 Å². The van der Waals surface area contributed by atoms with Gasteiger partial charge in [0.2, 0.25) is 0 Å². The summed E-state index contributed by atoms with van der Waals surface area (Å²) in [6.45, 7) is 3.03. The second-order valence-electron chi connectivity index (χ2n) is 6.88. The van der Waals surface area contributed by atoms with Crippen LogP contribution in [0.5, 0.6) is 0 Å². The third kappa shape index (κ3) is 3.87. The van der Waals surface area contributed by atoms with Crippen LogP contribution in [0.3, 0.4) is 0 Å². The Hall–Kier alpha value is -2.85. The molecule has 1 heterocycles. The smallest absolute Gasteiger partial charge is 0.407 e. The van der Waals surface area contributed by atoms with E-state index in [1.54, 1.807) is 11.3 Å². The van der Waals surface area contributed by atoms with Gasteiger partial charge >= 0.3 is 6.09 Å². The molecule has 0 radical (unpaired) electrons. The van der Waals surface area contributed by atoms with Crippen LogP contribution in [0.1, 0.15) is 33.9 Å². The largest absolute Gasteiger partial charge is 0.449 e. The molecule has 1 aromatic heterocycles. The lowest BCUT2D eigenvalue weighted by molar-refractivity contribution is 0.143. The first-order chi connectivity index (χ1) is 13.7. The Morgan fingerprint density at radius 3 is 2.39 bits per heavy atom. The molecule has 1 amide bonds. The van der Waals surface area contributed by atoms with Crippen molar-refractivity contribution in [3.8, 4) is 11.1 Å². The molecule has 142 valence electrons. The van der Waals surface area contributed by atoms with Crippen LogP contribution in [0.4, 0.5) is 4.79 Å². The number of hydrogen-bond acceptors (Lipinski definition) is 3. The average molecular weight is 390 g/mol. The highest BCUT2D eigenvalue weighted by Crippen LogP contribution is 2.44. The van der Waals surface area contributed by atoms with Crippen molar-refractivity contribution in [3.05, 3.63) is 87.6 Å². The maximum absolute atomic E-state index is 12.1. The molecule has 1 aliphatic rings. The minimum atomic E-state index is -0.359. The van der Waals surface area contributed by atoms with E-state index >= 15 is 0 Å². The van der Waals surface area contributed by atoms with Crippen LogP contribution in [0, 0.1) is 6.92 Å². The van der Waals surface area contributed by atoms with Gasteiger partial charge < -0.3 is 10.1 Å². The van der Waals surface area contributed by atoms with Gasteiger partial charge in [-0.25, -0.2) is 4.79 Å². The lowest BCUT2D eigenvalue weighted by atomic mass is 9.98. The van der Waals surface area contributed by atoms with Crippen molar-refractivity contribution < 1.29 is 9.53 Å². The Labute approximate surface area is 169 Å². The Morgan fingerprint density at radius 2 is 1.75 bits per heavy atom. The lowest BCUT2D eigenvalue weighted by Crippen LogP contribution is -2.26. The summed E-state index contributed by atoms with van der Waals surface area (Å²) in [4.78, 5) is 13.4. The first-order valence-corrected chi connectivity index (χ1v) is 10.4. The van der Waals surface area contributed by atoms with Crippen molar-refractivity contribution in [2.45, 2.75) is 19.3 Å². The van der Waals surface area contributed by atoms with Crippen molar-refractivity contribution in [1.82, 2.24) is 5.32 Å². The van der Waals surface area contributed by atoms with Crippen LogP contribution in [0.25, 0.3) is 17.2 Å². The van der Waals surface area contributed by atoms with Gasteiger partial charge in [0.15, 0.2) is 0 Å². The monoisotopic (exact) mass is 389 g/mol. The number of nitrogens with one attached hydrogen (secondary N) is 1. The lowest BCUT2D eigenvalue weighted by Gasteiger charge is -2.14. The van der Waals surface area contributed by atoms with Gasteiger partial charge in [0.05, 0.1) is 0 Å². The highest BCUT2D eigenvalue weighted by atomic mass is 32.1. The summed E-state index contributed by atoms with van der Waals surface area (Å²) in [5, 5.41) is 4.93. The molecule has 0 aliphatic heterocycles. The summed E-state index contributed by atoms with van der Waals surface area (Å²) < 4.78 is 5.54. The van der Waals surface area contributed by atoms with E-state index in [9.17, 15) is 4.79 Å². The summed E-state index contributed by atoms with van der Waals surface area (Å²) in [6.07, 6.45) is 4.60. The summed E-state index contributed by atoms with van der Waals surface area (Å²) >= 11 is 1.74. The Morgan fingerprint density at radius 1 is 1.07 bits per heavy atom. The fourth-order valence-electron chi connectivity index (χ4n) is 3.68. The van der Waals surface area contributed by atoms with E-state index in [0.717, 1.165) is 6.42 Å². The average Bonchev–Trinajstić information content (AvgIpc) is 3.27. The Balaban J connectivity index is 1.29. The molecule has 4 rings (SSSR count). The minimum absolute atomic E-state index is 0.0969. The van der Waals surface area contributed by atoms with Gasteiger partial charge in [0.25, 0.3) is 0 Å². The predicted molar refractivity (Wildman–Crippen MR) is 116 cm³/mol. The zero-order chi connectivity index (χ0) is 19.3. The fraction of sp³-hybridized carbons (Fsp3) is 0.208. The topological polar surface area (TPSA) is 38.3 Å². The molecule has 3 nitrogen and oxygen atoms in total. The van der Waals surface area contributed by atoms with Gasteiger partial charge in [-0.2, -0.15) is 0 Å². The van der Waals surface area contributed by atoms with E-state index in [4.69, 9.17) is 4.74 Å². The minimum Gasteiger partial charge on any atom is -0.449 e. The number of thiophene rings is 1. The number of ether oxygens (including phenoxy) is 1. The van der Waals surface area contributed by atoms with Crippen molar-refractivity contribution in [3.63, 3.8) is 0 Å². The predicted octanol–water partition coefficient (Wildman–Crippen LogP) is 6.00. The van der Waals surface area contributed by atoms with E-state index in [1.807, 2.05) is 12.1 Å². The molecule has 3 aromatic rings. The molecule has 1 aliphatic carbocycles. The summed E-state index contributed by atoms with van der Waals surface area (Å²) in [5.41, 5.74) is 6.17. The number of carbonyl (C=O) groups is 1. The van der Waals surface area contributed by atoms with Crippen molar-refractivity contribution >= 4 is 23.5 Å². The van der Waals surface area contributed by atoms with Gasteiger partial charge in [0, 0.05) is 17.3 Å². The Bertz CT molecular complexity index is 960. The van der Waals surface area contributed by atoms with Crippen LogP contribution >= 0.6 is 11.3 Å². The van der Waals surface area contributed by atoms with Crippen molar-refractivity contribution in [2.24, 2.45) is 0 Å². The number of alkyl carbamates (subject to hydrolysis) is 1. The van der Waals surface area contributed by atoms with E-state index < -0.39 is 0 Å². The van der Waals surface area contributed by atoms with Gasteiger partial charge in [-0.1, -0.05) is 60.7 Å². The molecule has 0 unspecified atom stereocenters. The zero-order valence-corrected chi connectivity index (χ0v) is 16.7. The molecule has 0 bridgehead atoms. The highest BCUT2D eigenvalue weighted by Gasteiger charge is 2.28. The summed E-state index contributed by atoms with van der Waals surface area (Å²) in [5.74, 6) is 0.0969. The SMILES string of the molecule is Cc1sccc1C=CCCNC(=O)OCC1c2ccccc2-c2ccccc21. The molecular formula is C24H23NO2S. The number of hydrogen-bond donors (Lipinski definition) is 1. The molecule has 0 saturated heterocycles. The van der Waals surface area contributed by atoms with E-state index in [-0.39, 0.29) is 12.0 Å². The molecule has 0 spiro atoms. The maximum atomic E-state index is 12.1. The molecule has 0 fully saturated rings. The third-order valence-corrected chi connectivity index (χ3v) is 5.98. The number of aryl methyl sites for hydroxylation is 1. The maximum Gasteiger partial charge on any atom is 0.407 e. The third-order valence-electron chi connectivity index (χ3n) is 5.12. The second kappa shape index (κ2) is 8.44. The van der Waals surface area contributed by atoms with Crippen LogP contribution in [-0.2, 0) is 4.74 Å². The van der Waals surface area contributed by atoms with Gasteiger partial charge in [-0.05, 0) is 52.6 Å². The number of carbonyl (C=O) groups excluding carboxylic acids is 1. The normalized spacial score (nSPS) is 12.8. The standard InChI is InChI=1S/C24H23NO2S/c1-17-18(13-15-28-17)8-6-7-14-25-24(26)27-16-23-21-11-4-2-9-19(21)20-10-3-5-12-22(20)23/h2-6,8-13,15,23H,7,14,16H2,1H3,(H,25,26).